The summed E-state index contributed by atoms with van der Waals surface area (Å²) in [5.41, 5.74) is 5.07. The molecule has 0 aromatic rings. The first kappa shape index (κ1) is 13.5. The number of carboxylic acid groups (broad SMARTS) is 1. The molecule has 0 aromatic heterocycles. The van der Waals surface area contributed by atoms with Gasteiger partial charge in [0.25, 0.3) is 0 Å². The van der Waals surface area contributed by atoms with Gasteiger partial charge < -0.3 is 10.8 Å². The lowest BCUT2D eigenvalue weighted by Gasteiger charge is -2.43. The Morgan fingerprint density at radius 1 is 1.50 bits per heavy atom. The first-order valence-electron chi connectivity index (χ1n) is 6.07. The van der Waals surface area contributed by atoms with Crippen LogP contribution in [0.15, 0.2) is 0 Å². The van der Waals surface area contributed by atoms with Gasteiger partial charge in [-0.05, 0) is 33.6 Å². The summed E-state index contributed by atoms with van der Waals surface area (Å²) in [6, 6.07) is 0.795. The Bertz CT molecular complexity index is 253. The van der Waals surface area contributed by atoms with Crippen molar-refractivity contribution >= 4 is 5.97 Å². The van der Waals surface area contributed by atoms with Crippen molar-refractivity contribution in [3.63, 3.8) is 0 Å². The third-order valence-electron chi connectivity index (χ3n) is 3.62. The smallest absolute Gasteiger partial charge is 0.310 e. The van der Waals surface area contributed by atoms with Crippen LogP contribution in [-0.2, 0) is 4.79 Å². The molecule has 1 aliphatic rings. The lowest BCUT2D eigenvalue weighted by atomic mass is 9.88. The van der Waals surface area contributed by atoms with E-state index in [1.165, 1.54) is 6.42 Å². The zero-order chi connectivity index (χ0) is 12.3. The molecule has 1 saturated heterocycles. The highest BCUT2D eigenvalue weighted by Crippen LogP contribution is 2.27. The number of carboxylic acids is 1. The topological polar surface area (TPSA) is 66.6 Å². The molecule has 2 atom stereocenters. The maximum Gasteiger partial charge on any atom is 0.310 e. The van der Waals surface area contributed by atoms with E-state index in [0.717, 1.165) is 12.8 Å². The van der Waals surface area contributed by atoms with E-state index in [4.69, 9.17) is 10.8 Å². The molecule has 4 heteroatoms. The fraction of sp³-hybridized carbons (Fsp3) is 0.917. The minimum atomic E-state index is -0.735. The van der Waals surface area contributed by atoms with E-state index in [9.17, 15) is 4.79 Å². The van der Waals surface area contributed by atoms with Crippen molar-refractivity contribution in [2.75, 3.05) is 13.1 Å². The second-order valence-corrected chi connectivity index (χ2v) is 5.53. The van der Waals surface area contributed by atoms with E-state index >= 15 is 0 Å². The summed E-state index contributed by atoms with van der Waals surface area (Å²) in [5.74, 6) is -0.735. The highest BCUT2D eigenvalue weighted by atomic mass is 16.4. The van der Waals surface area contributed by atoms with Crippen LogP contribution in [0, 0.1) is 5.41 Å². The molecular weight excluding hydrogens is 204 g/mol. The van der Waals surface area contributed by atoms with E-state index in [2.05, 4.69) is 11.8 Å². The van der Waals surface area contributed by atoms with Crippen molar-refractivity contribution in [2.24, 2.45) is 11.1 Å². The number of likely N-dealkylation sites (tertiary alicyclic amines) is 1. The van der Waals surface area contributed by atoms with E-state index in [1.807, 2.05) is 0 Å². The Balaban J connectivity index is 2.71. The minimum absolute atomic E-state index is 0.349. The largest absolute Gasteiger partial charge is 0.481 e. The van der Waals surface area contributed by atoms with E-state index in [1.54, 1.807) is 13.8 Å². The Morgan fingerprint density at radius 2 is 2.12 bits per heavy atom. The number of rotatable bonds is 4. The standard InChI is InChI=1S/C12H24N2O2/c1-9-5-4-6-10(7-13)14(9)8-12(2,3)11(15)16/h9-10H,4-8,13H2,1-3H3,(H,15,16). The zero-order valence-corrected chi connectivity index (χ0v) is 10.6. The maximum absolute atomic E-state index is 11.1. The maximum atomic E-state index is 11.1. The van der Waals surface area contributed by atoms with Crippen LogP contribution in [0.5, 0.6) is 0 Å². The molecule has 16 heavy (non-hydrogen) atoms. The van der Waals surface area contributed by atoms with Crippen LogP contribution in [0.25, 0.3) is 0 Å². The van der Waals surface area contributed by atoms with Gasteiger partial charge in [0.1, 0.15) is 0 Å². The van der Waals surface area contributed by atoms with Crippen LogP contribution in [-0.4, -0.2) is 41.1 Å². The molecule has 94 valence electrons. The average molecular weight is 228 g/mol. The minimum Gasteiger partial charge on any atom is -0.481 e. The Labute approximate surface area is 97.8 Å². The second kappa shape index (κ2) is 5.15. The molecule has 0 amide bonds. The first-order chi connectivity index (χ1) is 7.38. The number of hydrogen-bond donors (Lipinski definition) is 2. The van der Waals surface area contributed by atoms with Gasteiger partial charge in [0.2, 0.25) is 0 Å². The fourth-order valence-corrected chi connectivity index (χ4v) is 2.40. The quantitative estimate of drug-likeness (QED) is 0.761. The van der Waals surface area contributed by atoms with Gasteiger partial charge in [-0.3, -0.25) is 9.69 Å². The number of nitrogens with zero attached hydrogens (tertiary/aromatic N) is 1. The number of hydrogen-bond acceptors (Lipinski definition) is 3. The lowest BCUT2D eigenvalue weighted by Crippen LogP contribution is -2.53. The number of aliphatic carboxylic acids is 1. The first-order valence-corrected chi connectivity index (χ1v) is 6.07. The van der Waals surface area contributed by atoms with Crippen LogP contribution < -0.4 is 5.73 Å². The monoisotopic (exact) mass is 228 g/mol. The molecule has 0 radical (unpaired) electrons. The second-order valence-electron chi connectivity index (χ2n) is 5.53. The molecule has 2 unspecified atom stereocenters. The molecule has 0 saturated carbocycles. The highest BCUT2D eigenvalue weighted by Gasteiger charge is 2.35. The van der Waals surface area contributed by atoms with Crippen LogP contribution in [0.3, 0.4) is 0 Å². The third-order valence-corrected chi connectivity index (χ3v) is 3.62. The average Bonchev–Trinajstić information content (AvgIpc) is 2.20. The van der Waals surface area contributed by atoms with E-state index < -0.39 is 11.4 Å². The van der Waals surface area contributed by atoms with Gasteiger partial charge in [-0.15, -0.1) is 0 Å². The van der Waals surface area contributed by atoms with Crippen molar-refractivity contribution in [1.82, 2.24) is 4.90 Å². The van der Waals surface area contributed by atoms with Gasteiger partial charge in [-0.2, -0.15) is 0 Å². The summed E-state index contributed by atoms with van der Waals surface area (Å²) in [7, 11) is 0. The normalized spacial score (nSPS) is 28.0. The van der Waals surface area contributed by atoms with Crippen molar-refractivity contribution in [3.05, 3.63) is 0 Å². The van der Waals surface area contributed by atoms with E-state index in [0.29, 0.717) is 25.2 Å². The molecular formula is C12H24N2O2. The molecule has 4 nitrogen and oxygen atoms in total. The molecule has 1 rings (SSSR count). The fourth-order valence-electron chi connectivity index (χ4n) is 2.40. The van der Waals surface area contributed by atoms with Crippen molar-refractivity contribution in [3.8, 4) is 0 Å². The van der Waals surface area contributed by atoms with Gasteiger partial charge in [0.15, 0.2) is 0 Å². The van der Waals surface area contributed by atoms with Gasteiger partial charge in [-0.1, -0.05) is 6.42 Å². The molecule has 0 aliphatic carbocycles. The number of nitrogens with two attached hydrogens (primary N) is 1. The predicted molar refractivity (Wildman–Crippen MR) is 64.3 cm³/mol. The zero-order valence-electron chi connectivity index (χ0n) is 10.6. The molecule has 3 N–H and O–H groups in total. The molecule has 1 heterocycles. The van der Waals surface area contributed by atoms with E-state index in [-0.39, 0.29) is 0 Å². The summed E-state index contributed by atoms with van der Waals surface area (Å²) < 4.78 is 0. The van der Waals surface area contributed by atoms with Crippen LogP contribution in [0.4, 0.5) is 0 Å². The van der Waals surface area contributed by atoms with Crippen molar-refractivity contribution < 1.29 is 9.90 Å². The van der Waals surface area contributed by atoms with Crippen LogP contribution in [0.2, 0.25) is 0 Å². The lowest BCUT2D eigenvalue weighted by molar-refractivity contribution is -0.149. The predicted octanol–water partition coefficient (Wildman–Crippen LogP) is 1.30. The molecule has 1 fully saturated rings. The third kappa shape index (κ3) is 2.95. The highest BCUT2D eigenvalue weighted by molar-refractivity contribution is 5.73. The van der Waals surface area contributed by atoms with Crippen molar-refractivity contribution in [2.45, 2.75) is 52.1 Å². The van der Waals surface area contributed by atoms with Crippen LogP contribution >= 0.6 is 0 Å². The van der Waals surface area contributed by atoms with Crippen molar-refractivity contribution in [1.29, 1.82) is 0 Å². The summed E-state index contributed by atoms with van der Waals surface area (Å²) in [6.45, 7) is 6.94. The summed E-state index contributed by atoms with van der Waals surface area (Å²) in [4.78, 5) is 13.4. The Morgan fingerprint density at radius 3 is 2.62 bits per heavy atom. The molecule has 0 spiro atoms. The molecule has 0 bridgehead atoms. The summed E-state index contributed by atoms with van der Waals surface area (Å²) in [5, 5.41) is 9.16. The molecule has 0 aromatic carbocycles. The van der Waals surface area contributed by atoms with Gasteiger partial charge >= 0.3 is 5.97 Å². The Hall–Kier alpha value is -0.610. The van der Waals surface area contributed by atoms with Gasteiger partial charge in [0.05, 0.1) is 5.41 Å². The van der Waals surface area contributed by atoms with Crippen LogP contribution in [0.1, 0.15) is 40.0 Å². The molecule has 1 aliphatic heterocycles. The summed E-state index contributed by atoms with van der Waals surface area (Å²) >= 11 is 0. The summed E-state index contributed by atoms with van der Waals surface area (Å²) in [6.07, 6.45) is 3.44. The van der Waals surface area contributed by atoms with Gasteiger partial charge in [-0.25, -0.2) is 0 Å². The van der Waals surface area contributed by atoms with Gasteiger partial charge in [0, 0.05) is 25.2 Å². The Kier molecular flexibility index (Phi) is 4.33. The number of piperidine rings is 1. The SMILES string of the molecule is CC1CCCC(CN)N1CC(C)(C)C(=O)O. The number of carbonyl (C=O) groups is 1.